The third-order valence-electron chi connectivity index (χ3n) is 3.26. The lowest BCUT2D eigenvalue weighted by atomic mass is 9.98. The molecule has 0 spiro atoms. The average Bonchev–Trinajstić information content (AvgIpc) is 2.35. The van der Waals surface area contributed by atoms with E-state index in [2.05, 4.69) is 0 Å². The van der Waals surface area contributed by atoms with Crippen molar-refractivity contribution in [1.29, 1.82) is 0 Å². The first-order valence-electron chi connectivity index (χ1n) is 6.13. The van der Waals surface area contributed by atoms with E-state index < -0.39 is 12.1 Å². The smallest absolute Gasteiger partial charge is 0.328 e. The SMILES string of the molecule is COC(=O)C1CCCCN1C(=O)[C@@H](N)C(C)C. The maximum atomic E-state index is 12.2. The summed E-state index contributed by atoms with van der Waals surface area (Å²) < 4.78 is 4.74. The van der Waals surface area contributed by atoms with Gasteiger partial charge in [0.05, 0.1) is 13.2 Å². The van der Waals surface area contributed by atoms with Crippen LogP contribution < -0.4 is 5.73 Å². The van der Waals surface area contributed by atoms with Crippen molar-refractivity contribution in [2.24, 2.45) is 11.7 Å². The van der Waals surface area contributed by atoms with E-state index in [1.165, 1.54) is 7.11 Å². The van der Waals surface area contributed by atoms with Gasteiger partial charge in [-0.15, -0.1) is 0 Å². The van der Waals surface area contributed by atoms with Gasteiger partial charge < -0.3 is 15.4 Å². The summed E-state index contributed by atoms with van der Waals surface area (Å²) in [6, 6.07) is -0.994. The fourth-order valence-electron chi connectivity index (χ4n) is 2.05. The van der Waals surface area contributed by atoms with Gasteiger partial charge in [-0.2, -0.15) is 0 Å². The highest BCUT2D eigenvalue weighted by molar-refractivity contribution is 5.87. The van der Waals surface area contributed by atoms with Crippen LogP contribution in [-0.2, 0) is 14.3 Å². The molecule has 1 unspecified atom stereocenters. The zero-order valence-corrected chi connectivity index (χ0v) is 10.8. The second-order valence-corrected chi connectivity index (χ2v) is 4.84. The molecule has 98 valence electrons. The minimum Gasteiger partial charge on any atom is -0.467 e. The zero-order valence-electron chi connectivity index (χ0n) is 10.8. The molecule has 5 nitrogen and oxygen atoms in total. The van der Waals surface area contributed by atoms with E-state index in [-0.39, 0.29) is 17.8 Å². The van der Waals surface area contributed by atoms with Crippen molar-refractivity contribution in [3.8, 4) is 0 Å². The van der Waals surface area contributed by atoms with Crippen molar-refractivity contribution in [3.63, 3.8) is 0 Å². The Morgan fingerprint density at radius 1 is 1.35 bits per heavy atom. The molecule has 5 heteroatoms. The van der Waals surface area contributed by atoms with Crippen molar-refractivity contribution in [3.05, 3.63) is 0 Å². The van der Waals surface area contributed by atoms with Gasteiger partial charge in [0, 0.05) is 6.54 Å². The predicted molar refractivity (Wildman–Crippen MR) is 64.2 cm³/mol. The molecule has 2 N–H and O–H groups in total. The molecule has 1 aliphatic heterocycles. The molecular formula is C12H22N2O3. The quantitative estimate of drug-likeness (QED) is 0.732. The Balaban J connectivity index is 2.77. The minimum absolute atomic E-state index is 0.0720. The predicted octanol–water partition coefficient (Wildman–Crippen LogP) is 0.524. The second kappa shape index (κ2) is 6.00. The summed E-state index contributed by atoms with van der Waals surface area (Å²) in [5.74, 6) is -0.410. The van der Waals surface area contributed by atoms with Crippen LogP contribution in [0.3, 0.4) is 0 Å². The van der Waals surface area contributed by atoms with Crippen LogP contribution in [0.25, 0.3) is 0 Å². The molecule has 0 aromatic rings. The maximum Gasteiger partial charge on any atom is 0.328 e. The van der Waals surface area contributed by atoms with Crippen molar-refractivity contribution >= 4 is 11.9 Å². The van der Waals surface area contributed by atoms with E-state index in [9.17, 15) is 9.59 Å². The first-order valence-corrected chi connectivity index (χ1v) is 6.13. The first kappa shape index (κ1) is 14.0. The number of nitrogens with zero attached hydrogens (tertiary/aromatic N) is 1. The number of likely N-dealkylation sites (tertiary alicyclic amines) is 1. The summed E-state index contributed by atoms with van der Waals surface area (Å²) in [5, 5.41) is 0. The number of esters is 1. The summed E-state index contributed by atoms with van der Waals surface area (Å²) in [4.78, 5) is 25.4. The van der Waals surface area contributed by atoms with Gasteiger partial charge in [-0.1, -0.05) is 13.8 Å². The molecule has 1 rings (SSSR count). The van der Waals surface area contributed by atoms with E-state index >= 15 is 0 Å². The Hall–Kier alpha value is -1.10. The van der Waals surface area contributed by atoms with Crippen LogP contribution in [0.4, 0.5) is 0 Å². The number of hydrogen-bond donors (Lipinski definition) is 1. The van der Waals surface area contributed by atoms with Crippen LogP contribution >= 0.6 is 0 Å². The van der Waals surface area contributed by atoms with Crippen LogP contribution in [0.2, 0.25) is 0 Å². The van der Waals surface area contributed by atoms with Crippen molar-refractivity contribution in [2.75, 3.05) is 13.7 Å². The number of amides is 1. The minimum atomic E-state index is -0.541. The monoisotopic (exact) mass is 242 g/mol. The molecule has 1 aliphatic rings. The summed E-state index contributed by atoms with van der Waals surface area (Å²) in [6.07, 6.45) is 2.54. The highest BCUT2D eigenvalue weighted by atomic mass is 16.5. The number of carbonyl (C=O) groups is 2. The van der Waals surface area contributed by atoms with E-state index in [1.807, 2.05) is 13.8 Å². The molecule has 1 heterocycles. The standard InChI is InChI=1S/C12H22N2O3/c1-8(2)10(13)11(15)14-7-5-4-6-9(14)12(16)17-3/h8-10H,4-7,13H2,1-3H3/t9?,10-/m0/s1. The molecule has 1 amide bonds. The molecule has 0 saturated carbocycles. The number of piperidine rings is 1. The maximum absolute atomic E-state index is 12.2. The molecular weight excluding hydrogens is 220 g/mol. The molecule has 0 radical (unpaired) electrons. The molecule has 0 aliphatic carbocycles. The highest BCUT2D eigenvalue weighted by Crippen LogP contribution is 2.20. The number of ether oxygens (including phenoxy) is 1. The van der Waals surface area contributed by atoms with Crippen LogP contribution in [0.15, 0.2) is 0 Å². The normalized spacial score (nSPS) is 22.4. The topological polar surface area (TPSA) is 72.6 Å². The number of hydrogen-bond acceptors (Lipinski definition) is 4. The van der Waals surface area contributed by atoms with Gasteiger partial charge in [-0.05, 0) is 25.2 Å². The lowest BCUT2D eigenvalue weighted by molar-refractivity contribution is -0.155. The van der Waals surface area contributed by atoms with E-state index in [0.29, 0.717) is 13.0 Å². The summed E-state index contributed by atoms with van der Waals surface area (Å²) >= 11 is 0. The molecule has 2 atom stereocenters. The summed E-state index contributed by atoms with van der Waals surface area (Å²) in [7, 11) is 1.35. The van der Waals surface area contributed by atoms with Crippen LogP contribution in [0, 0.1) is 5.92 Å². The zero-order chi connectivity index (χ0) is 13.0. The van der Waals surface area contributed by atoms with Crippen molar-refractivity contribution in [2.45, 2.75) is 45.2 Å². The molecule has 1 saturated heterocycles. The third-order valence-corrected chi connectivity index (χ3v) is 3.26. The summed E-state index contributed by atoms with van der Waals surface area (Å²) in [6.45, 7) is 4.40. The Morgan fingerprint density at radius 3 is 2.53 bits per heavy atom. The first-order chi connectivity index (χ1) is 7.99. The van der Waals surface area contributed by atoms with E-state index in [4.69, 9.17) is 10.5 Å². The van der Waals surface area contributed by atoms with E-state index in [1.54, 1.807) is 4.90 Å². The molecule has 0 bridgehead atoms. The van der Waals surface area contributed by atoms with Gasteiger partial charge in [-0.25, -0.2) is 4.79 Å². The molecule has 0 aromatic heterocycles. The van der Waals surface area contributed by atoms with Crippen LogP contribution in [0.5, 0.6) is 0 Å². The van der Waals surface area contributed by atoms with Crippen LogP contribution in [0.1, 0.15) is 33.1 Å². The van der Waals surface area contributed by atoms with Gasteiger partial charge in [0.15, 0.2) is 0 Å². The second-order valence-electron chi connectivity index (χ2n) is 4.84. The number of carbonyl (C=O) groups excluding carboxylic acids is 2. The Bertz CT molecular complexity index is 291. The lowest BCUT2D eigenvalue weighted by Crippen LogP contribution is -2.55. The number of rotatable bonds is 3. The fraction of sp³-hybridized carbons (Fsp3) is 0.833. The van der Waals surface area contributed by atoms with E-state index in [0.717, 1.165) is 12.8 Å². The van der Waals surface area contributed by atoms with Crippen molar-refractivity contribution in [1.82, 2.24) is 4.90 Å². The highest BCUT2D eigenvalue weighted by Gasteiger charge is 2.35. The molecule has 1 fully saturated rings. The largest absolute Gasteiger partial charge is 0.467 e. The van der Waals surface area contributed by atoms with Crippen LogP contribution in [-0.4, -0.2) is 42.5 Å². The van der Waals surface area contributed by atoms with Crippen molar-refractivity contribution < 1.29 is 14.3 Å². The molecule has 0 aromatic carbocycles. The fourth-order valence-corrected chi connectivity index (χ4v) is 2.05. The van der Waals surface area contributed by atoms with Gasteiger partial charge in [0.25, 0.3) is 0 Å². The average molecular weight is 242 g/mol. The van der Waals surface area contributed by atoms with Gasteiger partial charge in [-0.3, -0.25) is 4.79 Å². The van der Waals surface area contributed by atoms with Gasteiger partial charge in [0.1, 0.15) is 6.04 Å². The lowest BCUT2D eigenvalue weighted by Gasteiger charge is -2.36. The summed E-state index contributed by atoms with van der Waals surface area (Å²) in [5.41, 5.74) is 5.85. The number of methoxy groups -OCH3 is 1. The van der Waals surface area contributed by atoms with Gasteiger partial charge in [0.2, 0.25) is 5.91 Å². The molecule has 17 heavy (non-hydrogen) atoms. The van der Waals surface area contributed by atoms with Gasteiger partial charge >= 0.3 is 5.97 Å². The third kappa shape index (κ3) is 3.19. The Kier molecular flexibility index (Phi) is 4.93. The number of nitrogens with two attached hydrogens (primary N) is 1. The Morgan fingerprint density at radius 2 is 2.00 bits per heavy atom. The Labute approximate surface area is 102 Å².